The molecule has 0 radical (unpaired) electrons. The first-order valence-electron chi connectivity index (χ1n) is 5.08. The maximum absolute atomic E-state index is 11.6. The molecule has 1 aromatic heterocycles. The van der Waals surface area contributed by atoms with E-state index in [-0.39, 0.29) is 18.0 Å². The highest BCUT2D eigenvalue weighted by atomic mass is 16.2. The van der Waals surface area contributed by atoms with Crippen LogP contribution in [0.1, 0.15) is 18.9 Å². The number of aromatic nitrogens is 1. The molecular weight excluding hydrogens is 192 g/mol. The fourth-order valence-electron chi connectivity index (χ4n) is 1.26. The number of carbonyl (C=O) groups is 1. The molecule has 1 aromatic rings. The number of rotatable bonds is 4. The minimum atomic E-state index is -0.121. The van der Waals surface area contributed by atoms with Crippen molar-refractivity contribution in [3.8, 4) is 0 Å². The number of carbonyl (C=O) groups excluding carboxylic acids is 1. The number of amides is 1. The summed E-state index contributed by atoms with van der Waals surface area (Å²) in [6.45, 7) is 4.47. The normalized spacial score (nSPS) is 10.0. The lowest BCUT2D eigenvalue weighted by Gasteiger charge is -2.06. The molecular formula is C11H16N2O2. The van der Waals surface area contributed by atoms with E-state index in [0.29, 0.717) is 12.1 Å². The Morgan fingerprint density at radius 1 is 1.53 bits per heavy atom. The van der Waals surface area contributed by atoms with Gasteiger partial charge >= 0.3 is 0 Å². The fourth-order valence-corrected chi connectivity index (χ4v) is 1.26. The first-order chi connectivity index (χ1) is 7.15. The molecule has 15 heavy (non-hydrogen) atoms. The Bertz CT molecular complexity index is 396. The lowest BCUT2D eigenvalue weighted by molar-refractivity contribution is -0.121. The molecule has 4 heteroatoms. The second kappa shape index (κ2) is 5.34. The molecule has 0 aliphatic heterocycles. The first-order valence-corrected chi connectivity index (χ1v) is 5.08. The quantitative estimate of drug-likeness (QED) is 0.791. The fraction of sp³-hybridized carbons (Fsp3) is 0.455. The average Bonchev–Trinajstić information content (AvgIpc) is 2.22. The van der Waals surface area contributed by atoms with E-state index in [2.05, 4.69) is 5.32 Å². The predicted molar refractivity (Wildman–Crippen MR) is 58.7 cm³/mol. The molecule has 1 rings (SSSR count). The van der Waals surface area contributed by atoms with Crippen LogP contribution in [0, 0.1) is 6.92 Å². The molecule has 0 saturated heterocycles. The van der Waals surface area contributed by atoms with E-state index < -0.39 is 0 Å². The molecule has 0 fully saturated rings. The molecule has 0 aliphatic carbocycles. The van der Waals surface area contributed by atoms with Gasteiger partial charge in [0.05, 0.1) is 0 Å². The zero-order chi connectivity index (χ0) is 11.3. The third-order valence-electron chi connectivity index (χ3n) is 2.10. The van der Waals surface area contributed by atoms with E-state index in [9.17, 15) is 9.59 Å². The maximum atomic E-state index is 11.6. The van der Waals surface area contributed by atoms with E-state index in [1.807, 2.05) is 6.92 Å². The zero-order valence-corrected chi connectivity index (χ0v) is 9.12. The molecule has 0 aliphatic rings. The van der Waals surface area contributed by atoms with E-state index in [0.717, 1.165) is 6.42 Å². The third kappa shape index (κ3) is 3.23. The van der Waals surface area contributed by atoms with Crippen molar-refractivity contribution >= 4 is 5.91 Å². The molecule has 1 N–H and O–H groups in total. The molecule has 82 valence electrons. The lowest BCUT2D eigenvalue weighted by Crippen LogP contribution is -2.32. The number of aryl methyl sites for hydroxylation is 1. The molecule has 4 nitrogen and oxygen atoms in total. The summed E-state index contributed by atoms with van der Waals surface area (Å²) in [6.07, 6.45) is 2.52. The number of nitrogens with zero attached hydrogens (tertiary/aromatic N) is 1. The summed E-state index contributed by atoms with van der Waals surface area (Å²) in [4.78, 5) is 22.9. The zero-order valence-electron chi connectivity index (χ0n) is 9.12. The highest BCUT2D eigenvalue weighted by Gasteiger charge is 2.03. The van der Waals surface area contributed by atoms with Crippen molar-refractivity contribution in [2.24, 2.45) is 0 Å². The van der Waals surface area contributed by atoms with E-state index in [1.165, 1.54) is 4.57 Å². The largest absolute Gasteiger partial charge is 0.355 e. The summed E-state index contributed by atoms with van der Waals surface area (Å²) in [5, 5.41) is 2.73. The van der Waals surface area contributed by atoms with Gasteiger partial charge < -0.3 is 9.88 Å². The monoisotopic (exact) mass is 208 g/mol. The molecule has 0 spiro atoms. The van der Waals surface area contributed by atoms with Gasteiger partial charge in [0.1, 0.15) is 6.54 Å². The lowest BCUT2D eigenvalue weighted by atomic mass is 10.3. The summed E-state index contributed by atoms with van der Waals surface area (Å²) >= 11 is 0. The molecule has 0 atom stereocenters. The Labute approximate surface area is 88.9 Å². The van der Waals surface area contributed by atoms with Crippen LogP contribution in [0.3, 0.4) is 0 Å². The molecule has 0 unspecified atom stereocenters. The Kier molecular flexibility index (Phi) is 4.09. The van der Waals surface area contributed by atoms with Crippen molar-refractivity contribution in [2.45, 2.75) is 26.8 Å². The third-order valence-corrected chi connectivity index (χ3v) is 2.10. The van der Waals surface area contributed by atoms with Gasteiger partial charge in [-0.05, 0) is 19.4 Å². The van der Waals surface area contributed by atoms with Gasteiger partial charge in [0.25, 0.3) is 5.56 Å². The Hall–Kier alpha value is -1.58. The van der Waals surface area contributed by atoms with Gasteiger partial charge in [-0.3, -0.25) is 9.59 Å². The molecule has 0 aromatic carbocycles. The molecule has 0 bridgehead atoms. The van der Waals surface area contributed by atoms with Gasteiger partial charge in [-0.15, -0.1) is 0 Å². The summed E-state index contributed by atoms with van der Waals surface area (Å²) in [7, 11) is 0. The topological polar surface area (TPSA) is 51.1 Å². The summed E-state index contributed by atoms with van der Waals surface area (Å²) < 4.78 is 1.42. The summed E-state index contributed by atoms with van der Waals surface area (Å²) in [5.74, 6) is -0.121. The second-order valence-electron chi connectivity index (χ2n) is 3.47. The van der Waals surface area contributed by atoms with E-state index >= 15 is 0 Å². The van der Waals surface area contributed by atoms with Crippen molar-refractivity contribution in [1.82, 2.24) is 9.88 Å². The second-order valence-corrected chi connectivity index (χ2v) is 3.47. The smallest absolute Gasteiger partial charge is 0.253 e. The minimum Gasteiger partial charge on any atom is -0.355 e. The van der Waals surface area contributed by atoms with Gasteiger partial charge in [-0.2, -0.15) is 0 Å². The van der Waals surface area contributed by atoms with E-state index in [1.54, 1.807) is 25.3 Å². The van der Waals surface area contributed by atoms with Crippen molar-refractivity contribution in [3.05, 3.63) is 34.2 Å². The van der Waals surface area contributed by atoms with Crippen molar-refractivity contribution in [3.63, 3.8) is 0 Å². The van der Waals surface area contributed by atoms with E-state index in [4.69, 9.17) is 0 Å². The van der Waals surface area contributed by atoms with Crippen LogP contribution in [-0.2, 0) is 11.3 Å². The first kappa shape index (κ1) is 11.5. The predicted octanol–water partition coefficient (Wildman–Crippen LogP) is 0.683. The van der Waals surface area contributed by atoms with Crippen LogP contribution in [0.25, 0.3) is 0 Å². The highest BCUT2D eigenvalue weighted by Crippen LogP contribution is 1.89. The van der Waals surface area contributed by atoms with Gasteiger partial charge in [-0.1, -0.05) is 13.0 Å². The summed E-state index contributed by atoms with van der Waals surface area (Å²) in [5.41, 5.74) is 0.546. The number of hydrogen-bond donors (Lipinski definition) is 1. The Morgan fingerprint density at radius 3 is 2.93 bits per heavy atom. The minimum absolute atomic E-state index is 0.0977. The number of pyridine rings is 1. The van der Waals surface area contributed by atoms with Crippen LogP contribution in [0.5, 0.6) is 0 Å². The van der Waals surface area contributed by atoms with Crippen LogP contribution < -0.4 is 10.9 Å². The van der Waals surface area contributed by atoms with Crippen LogP contribution in [-0.4, -0.2) is 17.0 Å². The van der Waals surface area contributed by atoms with Crippen LogP contribution in [0.2, 0.25) is 0 Å². The standard InChI is InChI=1S/C11H16N2O2/c1-3-6-12-10(14)8-13-7-4-5-9(2)11(13)15/h4-5,7H,3,6,8H2,1-2H3,(H,12,14). The van der Waals surface area contributed by atoms with Gasteiger partial charge in [0.15, 0.2) is 0 Å². The van der Waals surface area contributed by atoms with Crippen LogP contribution >= 0.6 is 0 Å². The molecule has 1 heterocycles. The molecule has 0 saturated carbocycles. The van der Waals surface area contributed by atoms with Crippen molar-refractivity contribution in [2.75, 3.05) is 6.54 Å². The van der Waals surface area contributed by atoms with Crippen LogP contribution in [0.15, 0.2) is 23.1 Å². The SMILES string of the molecule is CCCNC(=O)Cn1cccc(C)c1=O. The summed E-state index contributed by atoms with van der Waals surface area (Å²) in [6, 6.07) is 3.51. The maximum Gasteiger partial charge on any atom is 0.253 e. The Morgan fingerprint density at radius 2 is 2.27 bits per heavy atom. The van der Waals surface area contributed by atoms with Crippen molar-refractivity contribution in [1.29, 1.82) is 0 Å². The van der Waals surface area contributed by atoms with Gasteiger partial charge in [-0.25, -0.2) is 0 Å². The highest BCUT2D eigenvalue weighted by molar-refractivity contribution is 5.75. The number of hydrogen-bond acceptors (Lipinski definition) is 2. The molecule has 1 amide bonds. The van der Waals surface area contributed by atoms with Crippen molar-refractivity contribution < 1.29 is 4.79 Å². The Balaban J connectivity index is 2.69. The van der Waals surface area contributed by atoms with Crippen LogP contribution in [0.4, 0.5) is 0 Å². The number of nitrogens with one attached hydrogen (secondary N) is 1. The average molecular weight is 208 g/mol. The van der Waals surface area contributed by atoms with Gasteiger partial charge in [0, 0.05) is 18.3 Å². The van der Waals surface area contributed by atoms with Gasteiger partial charge in [0.2, 0.25) is 5.91 Å².